The SMILES string of the molecule is CC1CCCN(Cc2cccc(OC(F)F)c2)C1. The van der Waals surface area contributed by atoms with Crippen LogP contribution >= 0.6 is 0 Å². The van der Waals surface area contributed by atoms with Gasteiger partial charge in [0.25, 0.3) is 0 Å². The summed E-state index contributed by atoms with van der Waals surface area (Å²) in [4.78, 5) is 2.37. The summed E-state index contributed by atoms with van der Waals surface area (Å²) >= 11 is 0. The number of likely N-dealkylation sites (tertiary alicyclic amines) is 1. The normalized spacial score (nSPS) is 21.2. The van der Waals surface area contributed by atoms with Crippen molar-refractivity contribution >= 4 is 0 Å². The van der Waals surface area contributed by atoms with Gasteiger partial charge in [-0.1, -0.05) is 19.1 Å². The van der Waals surface area contributed by atoms with Crippen molar-refractivity contribution in [3.63, 3.8) is 0 Å². The molecule has 100 valence electrons. The van der Waals surface area contributed by atoms with Crippen molar-refractivity contribution in [1.82, 2.24) is 4.90 Å². The number of hydrogen-bond donors (Lipinski definition) is 0. The van der Waals surface area contributed by atoms with Crippen molar-refractivity contribution in [2.24, 2.45) is 5.92 Å². The monoisotopic (exact) mass is 255 g/mol. The molecule has 18 heavy (non-hydrogen) atoms. The zero-order valence-electron chi connectivity index (χ0n) is 10.6. The Morgan fingerprint density at radius 3 is 3.00 bits per heavy atom. The fourth-order valence-corrected chi connectivity index (χ4v) is 2.51. The Morgan fingerprint density at radius 1 is 1.44 bits per heavy atom. The van der Waals surface area contributed by atoms with E-state index in [4.69, 9.17) is 0 Å². The van der Waals surface area contributed by atoms with E-state index in [9.17, 15) is 8.78 Å². The van der Waals surface area contributed by atoms with Crippen LogP contribution in [0.5, 0.6) is 5.75 Å². The fourth-order valence-electron chi connectivity index (χ4n) is 2.51. The van der Waals surface area contributed by atoms with E-state index in [1.54, 1.807) is 18.2 Å². The molecule has 0 bridgehead atoms. The highest BCUT2D eigenvalue weighted by atomic mass is 19.3. The fraction of sp³-hybridized carbons (Fsp3) is 0.571. The quantitative estimate of drug-likeness (QED) is 0.816. The molecular weight excluding hydrogens is 236 g/mol. The van der Waals surface area contributed by atoms with Crippen LogP contribution in [-0.4, -0.2) is 24.6 Å². The van der Waals surface area contributed by atoms with Crippen LogP contribution in [0.3, 0.4) is 0 Å². The Kier molecular flexibility index (Phi) is 4.53. The van der Waals surface area contributed by atoms with Gasteiger partial charge in [-0.15, -0.1) is 0 Å². The van der Waals surface area contributed by atoms with Crippen LogP contribution in [0.4, 0.5) is 8.78 Å². The van der Waals surface area contributed by atoms with Gasteiger partial charge < -0.3 is 4.74 Å². The van der Waals surface area contributed by atoms with E-state index in [1.165, 1.54) is 12.8 Å². The van der Waals surface area contributed by atoms with Gasteiger partial charge in [0.1, 0.15) is 5.75 Å². The van der Waals surface area contributed by atoms with Crippen LogP contribution in [0.2, 0.25) is 0 Å². The Labute approximate surface area is 107 Å². The molecule has 1 atom stereocenters. The van der Waals surface area contributed by atoms with Gasteiger partial charge in [-0.05, 0) is 43.0 Å². The minimum Gasteiger partial charge on any atom is -0.435 e. The van der Waals surface area contributed by atoms with Crippen molar-refractivity contribution in [3.05, 3.63) is 29.8 Å². The molecule has 1 aromatic rings. The van der Waals surface area contributed by atoms with Gasteiger partial charge in [-0.2, -0.15) is 8.78 Å². The van der Waals surface area contributed by atoms with Gasteiger partial charge in [0, 0.05) is 13.1 Å². The number of nitrogens with zero attached hydrogens (tertiary/aromatic N) is 1. The molecule has 2 nitrogen and oxygen atoms in total. The molecule has 0 N–H and O–H groups in total. The highest BCUT2D eigenvalue weighted by Crippen LogP contribution is 2.20. The third-order valence-electron chi connectivity index (χ3n) is 3.27. The van der Waals surface area contributed by atoms with Gasteiger partial charge >= 0.3 is 6.61 Å². The molecule has 1 aromatic carbocycles. The lowest BCUT2D eigenvalue weighted by atomic mass is 10.00. The largest absolute Gasteiger partial charge is 0.435 e. The molecule has 1 aliphatic rings. The van der Waals surface area contributed by atoms with E-state index < -0.39 is 6.61 Å². The summed E-state index contributed by atoms with van der Waals surface area (Å²) in [6.07, 6.45) is 2.50. The van der Waals surface area contributed by atoms with Crippen LogP contribution in [0.15, 0.2) is 24.3 Å². The lowest BCUT2D eigenvalue weighted by Crippen LogP contribution is -2.33. The Hall–Kier alpha value is -1.16. The van der Waals surface area contributed by atoms with Crippen LogP contribution in [0, 0.1) is 5.92 Å². The van der Waals surface area contributed by atoms with Gasteiger partial charge in [0.05, 0.1) is 0 Å². The molecule has 0 radical (unpaired) electrons. The van der Waals surface area contributed by atoms with Gasteiger partial charge in [-0.25, -0.2) is 0 Å². The zero-order valence-corrected chi connectivity index (χ0v) is 10.6. The lowest BCUT2D eigenvalue weighted by molar-refractivity contribution is -0.0499. The number of halogens is 2. The lowest BCUT2D eigenvalue weighted by Gasteiger charge is -2.30. The molecule has 4 heteroatoms. The maximum Gasteiger partial charge on any atom is 0.387 e. The first-order valence-corrected chi connectivity index (χ1v) is 6.39. The van der Waals surface area contributed by atoms with Gasteiger partial charge in [0.15, 0.2) is 0 Å². The van der Waals surface area contributed by atoms with Crippen molar-refractivity contribution in [1.29, 1.82) is 0 Å². The summed E-state index contributed by atoms with van der Waals surface area (Å²) in [5.74, 6) is 0.965. The second kappa shape index (κ2) is 6.14. The van der Waals surface area contributed by atoms with E-state index in [1.807, 2.05) is 6.07 Å². The summed E-state index contributed by atoms with van der Waals surface area (Å²) in [5.41, 5.74) is 1.03. The molecule has 1 heterocycles. The minimum absolute atomic E-state index is 0.243. The molecule has 1 saturated heterocycles. The zero-order chi connectivity index (χ0) is 13.0. The van der Waals surface area contributed by atoms with Crippen molar-refractivity contribution < 1.29 is 13.5 Å². The first-order valence-electron chi connectivity index (χ1n) is 6.39. The summed E-state index contributed by atoms with van der Waals surface area (Å²) in [6, 6.07) is 6.98. The molecule has 1 fully saturated rings. The molecule has 0 aromatic heterocycles. The minimum atomic E-state index is -2.75. The predicted molar refractivity (Wildman–Crippen MR) is 66.7 cm³/mol. The van der Waals surface area contributed by atoms with Crippen molar-refractivity contribution in [2.45, 2.75) is 32.9 Å². The van der Waals surface area contributed by atoms with Crippen LogP contribution in [0.25, 0.3) is 0 Å². The van der Waals surface area contributed by atoms with Crippen molar-refractivity contribution in [2.75, 3.05) is 13.1 Å². The summed E-state index contributed by atoms with van der Waals surface area (Å²) in [6.45, 7) is 2.48. The third-order valence-corrected chi connectivity index (χ3v) is 3.27. The predicted octanol–water partition coefficient (Wildman–Crippen LogP) is 3.52. The number of rotatable bonds is 4. The first kappa shape index (κ1) is 13.3. The van der Waals surface area contributed by atoms with Crippen LogP contribution in [-0.2, 0) is 6.54 Å². The number of piperidine rings is 1. The van der Waals surface area contributed by atoms with E-state index >= 15 is 0 Å². The number of alkyl halides is 2. The first-order chi connectivity index (χ1) is 8.63. The Morgan fingerprint density at radius 2 is 2.28 bits per heavy atom. The second-order valence-corrected chi connectivity index (χ2v) is 5.01. The average molecular weight is 255 g/mol. The molecular formula is C14H19F2NO. The summed E-state index contributed by atoms with van der Waals surface area (Å²) < 4.78 is 28.7. The topological polar surface area (TPSA) is 12.5 Å². The highest BCUT2D eigenvalue weighted by Gasteiger charge is 2.16. The molecule has 0 amide bonds. The molecule has 0 spiro atoms. The molecule has 2 rings (SSSR count). The number of benzene rings is 1. The van der Waals surface area contributed by atoms with E-state index in [0.29, 0.717) is 0 Å². The Bertz CT molecular complexity index is 384. The van der Waals surface area contributed by atoms with E-state index in [0.717, 1.165) is 31.1 Å². The van der Waals surface area contributed by atoms with Crippen molar-refractivity contribution in [3.8, 4) is 5.75 Å². The molecule has 1 unspecified atom stereocenters. The van der Waals surface area contributed by atoms with Gasteiger partial charge in [0.2, 0.25) is 0 Å². The number of hydrogen-bond acceptors (Lipinski definition) is 2. The Balaban J connectivity index is 1.96. The molecule has 0 saturated carbocycles. The van der Waals surface area contributed by atoms with Crippen LogP contribution in [0.1, 0.15) is 25.3 Å². The van der Waals surface area contributed by atoms with Crippen LogP contribution < -0.4 is 4.74 Å². The maximum atomic E-state index is 12.1. The second-order valence-electron chi connectivity index (χ2n) is 5.01. The van der Waals surface area contributed by atoms with Gasteiger partial charge in [-0.3, -0.25) is 4.90 Å². The number of ether oxygens (including phenoxy) is 1. The summed E-state index contributed by atoms with van der Waals surface area (Å²) in [7, 11) is 0. The van der Waals surface area contributed by atoms with E-state index in [2.05, 4.69) is 16.6 Å². The third kappa shape index (κ3) is 3.95. The standard InChI is InChI=1S/C14H19F2NO/c1-11-4-3-7-17(9-11)10-12-5-2-6-13(8-12)18-14(15)16/h2,5-6,8,11,14H,3-4,7,9-10H2,1H3. The molecule has 0 aliphatic carbocycles. The molecule has 1 aliphatic heterocycles. The summed E-state index contributed by atoms with van der Waals surface area (Å²) in [5, 5.41) is 0. The highest BCUT2D eigenvalue weighted by molar-refractivity contribution is 5.28. The smallest absolute Gasteiger partial charge is 0.387 e. The average Bonchev–Trinajstić information content (AvgIpc) is 2.28. The van der Waals surface area contributed by atoms with E-state index in [-0.39, 0.29) is 5.75 Å². The maximum absolute atomic E-state index is 12.1.